The molecule has 1 N–H and O–H groups in total. The molecule has 50 heavy (non-hydrogen) atoms. The van der Waals surface area contributed by atoms with Gasteiger partial charge in [0.25, 0.3) is 11.8 Å². The molecule has 3 aromatic carbocycles. The topological polar surface area (TPSA) is 114 Å². The van der Waals surface area contributed by atoms with Gasteiger partial charge in [-0.05, 0) is 72.3 Å². The summed E-state index contributed by atoms with van der Waals surface area (Å²) < 4.78 is 50.8. The van der Waals surface area contributed by atoms with Gasteiger partial charge in [-0.1, -0.05) is 29.8 Å². The standard InChI is InChI=1S/C36H25ClF3N5O5/c37-24-9-11-27-28(15-24)43-33(46)29(16-25-3-1-2-14-41-25)44(35(27)48)19-21-4-6-22(7-5-21)34(47)45(26-10-12-30-31(17-26)50-20-49-30)32-13-8-23(18-42-32)36(38,39)40/h1-15,17-18,29H,16,19-20H2,(H,43,46). The Morgan fingerprint density at radius 1 is 0.940 bits per heavy atom. The predicted octanol–water partition coefficient (Wildman–Crippen LogP) is 7.06. The molecule has 10 nitrogen and oxygen atoms in total. The molecule has 252 valence electrons. The van der Waals surface area contributed by atoms with Gasteiger partial charge in [-0.25, -0.2) is 4.98 Å². The van der Waals surface area contributed by atoms with Crippen molar-refractivity contribution in [1.29, 1.82) is 0 Å². The van der Waals surface area contributed by atoms with Crippen LogP contribution in [0.1, 0.15) is 37.5 Å². The number of benzene rings is 3. The molecule has 7 rings (SSSR count). The zero-order valence-corrected chi connectivity index (χ0v) is 26.6. The smallest absolute Gasteiger partial charge is 0.417 e. The second-order valence-electron chi connectivity index (χ2n) is 11.4. The minimum atomic E-state index is -4.61. The summed E-state index contributed by atoms with van der Waals surface area (Å²) in [7, 11) is 0. The molecule has 4 heterocycles. The molecule has 3 amide bonds. The summed E-state index contributed by atoms with van der Waals surface area (Å²) in [5.74, 6) is -0.652. The van der Waals surface area contributed by atoms with E-state index in [2.05, 4.69) is 15.3 Å². The Labute approximate surface area is 288 Å². The van der Waals surface area contributed by atoms with E-state index in [1.807, 2.05) is 0 Å². The molecule has 0 radical (unpaired) electrons. The van der Waals surface area contributed by atoms with Crippen LogP contribution in [0.4, 0.5) is 30.4 Å². The highest BCUT2D eigenvalue weighted by Crippen LogP contribution is 2.39. The SMILES string of the molecule is O=C1Nc2cc(Cl)ccc2C(=O)N(Cc2ccc(C(=O)N(c3ccc4c(c3)OCO4)c3ccc(C(F)(F)F)cn3)cc2)C1Cc1ccccn1. The number of halogens is 4. The molecule has 5 aromatic rings. The van der Waals surface area contributed by atoms with Crippen molar-refractivity contribution in [3.63, 3.8) is 0 Å². The fourth-order valence-electron chi connectivity index (χ4n) is 5.70. The average molecular weight is 700 g/mol. The van der Waals surface area contributed by atoms with Crippen molar-refractivity contribution in [2.75, 3.05) is 17.0 Å². The normalized spacial score (nSPS) is 15.3. The Hall–Kier alpha value is -5.95. The van der Waals surface area contributed by atoms with Crippen LogP contribution < -0.4 is 19.7 Å². The molecular formula is C36H25ClF3N5O5. The van der Waals surface area contributed by atoms with Crippen LogP contribution in [-0.2, 0) is 23.9 Å². The van der Waals surface area contributed by atoms with Gasteiger partial charge in [-0.2, -0.15) is 13.2 Å². The molecule has 0 fully saturated rings. The fraction of sp³-hybridized carbons (Fsp3) is 0.139. The lowest BCUT2D eigenvalue weighted by Crippen LogP contribution is -2.46. The zero-order valence-electron chi connectivity index (χ0n) is 25.9. The van der Waals surface area contributed by atoms with Crippen LogP contribution in [0.15, 0.2) is 103 Å². The van der Waals surface area contributed by atoms with Crippen LogP contribution in [-0.4, -0.2) is 45.4 Å². The number of nitrogens with one attached hydrogen (secondary N) is 1. The van der Waals surface area contributed by atoms with Crippen LogP contribution in [0.2, 0.25) is 5.02 Å². The number of pyridine rings is 2. The van der Waals surface area contributed by atoms with Gasteiger partial charge in [-0.3, -0.25) is 24.3 Å². The number of carbonyl (C=O) groups excluding carboxylic acids is 3. The third-order valence-electron chi connectivity index (χ3n) is 8.21. The maximum atomic E-state index is 14.0. The number of carbonyl (C=O) groups is 3. The maximum absolute atomic E-state index is 14.0. The molecule has 14 heteroatoms. The minimum absolute atomic E-state index is 0.00657. The molecule has 2 aromatic heterocycles. The van der Waals surface area contributed by atoms with E-state index < -0.39 is 35.5 Å². The van der Waals surface area contributed by atoms with Gasteiger partial charge in [0, 0.05) is 47.7 Å². The van der Waals surface area contributed by atoms with E-state index in [4.69, 9.17) is 21.1 Å². The number of hydrogen-bond donors (Lipinski definition) is 1. The lowest BCUT2D eigenvalue weighted by molar-refractivity contribution is -0.137. The fourth-order valence-corrected chi connectivity index (χ4v) is 5.88. The number of anilines is 3. The van der Waals surface area contributed by atoms with Gasteiger partial charge in [0.05, 0.1) is 22.5 Å². The second kappa shape index (κ2) is 13.2. The van der Waals surface area contributed by atoms with Crippen LogP contribution >= 0.6 is 11.6 Å². The van der Waals surface area contributed by atoms with Gasteiger partial charge >= 0.3 is 6.18 Å². The zero-order chi connectivity index (χ0) is 35.0. The third kappa shape index (κ3) is 6.54. The van der Waals surface area contributed by atoms with Gasteiger partial charge in [0.15, 0.2) is 11.5 Å². The Kier molecular flexibility index (Phi) is 8.58. The van der Waals surface area contributed by atoms with E-state index in [1.165, 1.54) is 34.1 Å². The monoisotopic (exact) mass is 699 g/mol. The summed E-state index contributed by atoms with van der Waals surface area (Å²) in [5.41, 5.74) is 1.27. The number of rotatable bonds is 7. The summed E-state index contributed by atoms with van der Waals surface area (Å²) in [5, 5.41) is 3.18. The summed E-state index contributed by atoms with van der Waals surface area (Å²) in [4.78, 5) is 52.5. The Morgan fingerprint density at radius 3 is 2.46 bits per heavy atom. The molecule has 1 unspecified atom stereocenters. The largest absolute Gasteiger partial charge is 0.454 e. The summed E-state index contributed by atoms with van der Waals surface area (Å²) in [6.45, 7) is -0.0113. The van der Waals surface area contributed by atoms with Crippen molar-refractivity contribution in [2.24, 2.45) is 0 Å². The Morgan fingerprint density at radius 2 is 1.74 bits per heavy atom. The lowest BCUT2D eigenvalue weighted by atomic mass is 10.0. The van der Waals surface area contributed by atoms with Gasteiger partial charge in [0.1, 0.15) is 11.9 Å². The van der Waals surface area contributed by atoms with E-state index in [1.54, 1.807) is 60.8 Å². The number of nitrogens with zero attached hydrogens (tertiary/aromatic N) is 4. The van der Waals surface area contributed by atoms with E-state index in [9.17, 15) is 27.6 Å². The average Bonchev–Trinajstić information content (AvgIpc) is 3.55. The highest BCUT2D eigenvalue weighted by Gasteiger charge is 2.36. The van der Waals surface area contributed by atoms with E-state index in [0.29, 0.717) is 39.7 Å². The minimum Gasteiger partial charge on any atom is -0.454 e. The molecule has 0 bridgehead atoms. The summed E-state index contributed by atoms with van der Waals surface area (Å²) in [6, 6.07) is 22.0. The van der Waals surface area contributed by atoms with Crippen molar-refractivity contribution in [3.8, 4) is 11.5 Å². The first-order valence-electron chi connectivity index (χ1n) is 15.2. The quantitative estimate of drug-likeness (QED) is 0.194. The number of ether oxygens (including phenoxy) is 2. The van der Waals surface area contributed by atoms with Crippen molar-refractivity contribution in [3.05, 3.63) is 136 Å². The van der Waals surface area contributed by atoms with Crippen molar-refractivity contribution >= 4 is 46.5 Å². The van der Waals surface area contributed by atoms with Gasteiger partial charge in [-0.15, -0.1) is 0 Å². The van der Waals surface area contributed by atoms with Crippen LogP contribution in [0.25, 0.3) is 0 Å². The Bertz CT molecular complexity index is 2100. The number of fused-ring (bicyclic) bond motifs is 2. The summed E-state index contributed by atoms with van der Waals surface area (Å²) in [6.07, 6.45) is -2.21. The van der Waals surface area contributed by atoms with Crippen molar-refractivity contribution < 1.29 is 37.0 Å². The van der Waals surface area contributed by atoms with E-state index >= 15 is 0 Å². The number of amides is 3. The first kappa shape index (κ1) is 32.6. The van der Waals surface area contributed by atoms with E-state index in [-0.39, 0.29) is 42.4 Å². The van der Waals surface area contributed by atoms with Gasteiger partial charge < -0.3 is 19.7 Å². The van der Waals surface area contributed by atoms with Crippen LogP contribution in [0.3, 0.4) is 0 Å². The number of aromatic nitrogens is 2. The molecule has 0 spiro atoms. The van der Waals surface area contributed by atoms with Gasteiger partial charge in [0.2, 0.25) is 12.7 Å². The van der Waals surface area contributed by atoms with Crippen molar-refractivity contribution in [2.45, 2.75) is 25.2 Å². The lowest BCUT2D eigenvalue weighted by Gasteiger charge is -2.29. The molecule has 2 aliphatic rings. The van der Waals surface area contributed by atoms with Crippen molar-refractivity contribution in [1.82, 2.24) is 14.9 Å². The molecule has 0 saturated carbocycles. The molecule has 1 atom stereocenters. The molecule has 0 saturated heterocycles. The maximum Gasteiger partial charge on any atom is 0.417 e. The van der Waals surface area contributed by atoms with Crippen LogP contribution in [0, 0.1) is 0 Å². The number of hydrogen-bond acceptors (Lipinski definition) is 7. The Balaban J connectivity index is 1.20. The molecule has 2 aliphatic heterocycles. The highest BCUT2D eigenvalue weighted by atomic mass is 35.5. The summed E-state index contributed by atoms with van der Waals surface area (Å²) >= 11 is 6.17. The third-order valence-corrected chi connectivity index (χ3v) is 8.45. The molecule has 0 aliphatic carbocycles. The molecular weight excluding hydrogens is 675 g/mol. The predicted molar refractivity (Wildman–Crippen MR) is 176 cm³/mol. The second-order valence-corrected chi connectivity index (χ2v) is 11.9. The first-order chi connectivity index (χ1) is 24.0. The number of alkyl halides is 3. The van der Waals surface area contributed by atoms with Crippen LogP contribution in [0.5, 0.6) is 11.5 Å². The van der Waals surface area contributed by atoms with E-state index in [0.717, 1.165) is 12.1 Å². The first-order valence-corrected chi connectivity index (χ1v) is 15.6. The highest BCUT2D eigenvalue weighted by molar-refractivity contribution is 6.31.